The minimum absolute atomic E-state index is 0.0131. The summed E-state index contributed by atoms with van der Waals surface area (Å²) in [5.41, 5.74) is -3.38. The molecule has 0 radical (unpaired) electrons. The number of carboxylic acids is 1. The molecule has 3 amide bonds. The number of aliphatic carboxylic acids is 1. The molecule has 2 heterocycles. The van der Waals surface area contributed by atoms with Crippen molar-refractivity contribution >= 4 is 17.9 Å². The Labute approximate surface area is 242 Å². The van der Waals surface area contributed by atoms with Crippen molar-refractivity contribution < 1.29 is 50.2 Å². The third kappa shape index (κ3) is 6.00. The number of nitrogens with zero attached hydrogens (tertiary/aromatic N) is 3. The molecule has 2 aliphatic heterocycles. The van der Waals surface area contributed by atoms with Crippen molar-refractivity contribution in [1.82, 2.24) is 14.7 Å². The Morgan fingerprint density at radius 2 is 1.60 bits per heavy atom. The molecule has 234 valence electrons. The van der Waals surface area contributed by atoms with Crippen molar-refractivity contribution in [3.63, 3.8) is 0 Å². The fourth-order valence-electron chi connectivity index (χ4n) is 6.14. The largest absolute Gasteiger partial charge is 0.481 e. The number of carboxylic acid groups (broad SMARTS) is 1. The van der Waals surface area contributed by atoms with Gasteiger partial charge in [0.05, 0.1) is 23.2 Å². The number of carbonyl (C=O) groups excluding carboxylic acids is 2. The Bertz CT molecular complexity index is 1410. The second-order valence-corrected chi connectivity index (χ2v) is 11.3. The van der Waals surface area contributed by atoms with E-state index in [4.69, 9.17) is 0 Å². The van der Waals surface area contributed by atoms with Crippen molar-refractivity contribution in [2.75, 3.05) is 20.6 Å². The summed E-state index contributed by atoms with van der Waals surface area (Å²) in [6.07, 6.45) is -9.90. The van der Waals surface area contributed by atoms with Crippen molar-refractivity contribution in [3.8, 4) is 0 Å². The highest BCUT2D eigenvalue weighted by Gasteiger charge is 2.55. The lowest BCUT2D eigenvalue weighted by Gasteiger charge is -2.49. The average molecular weight is 618 g/mol. The van der Waals surface area contributed by atoms with E-state index in [0.717, 1.165) is 4.90 Å². The van der Waals surface area contributed by atoms with Gasteiger partial charge in [-0.15, -0.1) is 0 Å². The Morgan fingerprint density at radius 1 is 1.02 bits per heavy atom. The van der Waals surface area contributed by atoms with Gasteiger partial charge >= 0.3 is 24.4 Å². The summed E-state index contributed by atoms with van der Waals surface area (Å²) in [6.45, 7) is 2.90. The molecular weight excluding hydrogens is 587 g/mol. The second-order valence-electron chi connectivity index (χ2n) is 11.3. The van der Waals surface area contributed by atoms with Crippen LogP contribution >= 0.6 is 0 Å². The van der Waals surface area contributed by atoms with Crippen LogP contribution in [0.5, 0.6) is 0 Å². The van der Waals surface area contributed by atoms with Crippen molar-refractivity contribution in [1.29, 1.82) is 0 Å². The van der Waals surface area contributed by atoms with Crippen LogP contribution in [0, 0.1) is 18.7 Å². The number of likely N-dealkylation sites (tertiary alicyclic amines) is 2. The van der Waals surface area contributed by atoms with Crippen molar-refractivity contribution in [2.24, 2.45) is 5.92 Å². The molecule has 1 N–H and O–H groups in total. The molecule has 14 heteroatoms. The number of aryl methyl sites for hydroxylation is 1. The highest BCUT2D eigenvalue weighted by atomic mass is 19.4. The maximum Gasteiger partial charge on any atom is 0.416 e. The van der Waals surface area contributed by atoms with Gasteiger partial charge in [-0.1, -0.05) is 6.07 Å². The number of hydrogen-bond acceptors (Lipinski definition) is 3. The third-order valence-electron chi connectivity index (χ3n) is 8.80. The highest BCUT2D eigenvalue weighted by molar-refractivity contribution is 5.99. The van der Waals surface area contributed by atoms with Gasteiger partial charge < -0.3 is 19.8 Å². The van der Waals surface area contributed by atoms with Crippen LogP contribution in [-0.2, 0) is 21.9 Å². The maximum atomic E-state index is 14.0. The normalized spacial score (nSPS) is 23.6. The lowest BCUT2D eigenvalue weighted by Crippen LogP contribution is -2.56. The molecule has 0 aliphatic carbocycles. The number of halogens is 7. The summed E-state index contributed by atoms with van der Waals surface area (Å²) in [7, 11) is 2.74. The van der Waals surface area contributed by atoms with Gasteiger partial charge in [0, 0.05) is 26.2 Å². The number of hydrogen-bond donors (Lipinski definition) is 1. The summed E-state index contributed by atoms with van der Waals surface area (Å²) in [5.74, 6) is -3.69. The van der Waals surface area contributed by atoms with Crippen LogP contribution in [0.1, 0.15) is 66.1 Å². The molecule has 2 aliphatic rings. The summed E-state index contributed by atoms with van der Waals surface area (Å²) in [4.78, 5) is 42.3. The Hall–Kier alpha value is -3.84. The van der Waals surface area contributed by atoms with Crippen molar-refractivity contribution in [2.45, 2.75) is 63.1 Å². The van der Waals surface area contributed by atoms with Gasteiger partial charge in [-0.2, -0.15) is 26.3 Å². The van der Waals surface area contributed by atoms with E-state index in [1.807, 2.05) is 0 Å². The molecule has 1 unspecified atom stereocenters. The van der Waals surface area contributed by atoms with E-state index in [0.29, 0.717) is 23.3 Å². The van der Waals surface area contributed by atoms with Gasteiger partial charge in [0.1, 0.15) is 11.7 Å². The second kappa shape index (κ2) is 11.0. The molecule has 0 saturated carbocycles. The predicted octanol–water partition coefficient (Wildman–Crippen LogP) is 6.42. The van der Waals surface area contributed by atoms with E-state index < -0.39 is 70.7 Å². The number of carbonyl (C=O) groups is 3. The number of urea groups is 1. The number of benzene rings is 2. The van der Waals surface area contributed by atoms with Gasteiger partial charge in [0.15, 0.2) is 0 Å². The molecule has 43 heavy (non-hydrogen) atoms. The Kier molecular flexibility index (Phi) is 8.22. The van der Waals surface area contributed by atoms with Crippen molar-refractivity contribution in [3.05, 3.63) is 70.0 Å². The summed E-state index contributed by atoms with van der Waals surface area (Å²) in [6, 6.07) is 2.29. The molecule has 0 aromatic heterocycles. The standard InChI is InChI=1S/C29H30F7N3O4/c1-15-9-20(30)5-6-21(15)23-14-27(13-22(25(41)42)24(40)38(27)4)7-8-39(23)26(43)37(3)16(2)17-10-18(28(31,32)33)12-19(11-17)29(34,35)36/h5-6,9-12,16,22-23H,7-8,13-14H2,1-4H3,(H,41,42)/t16-,22?,23-,27-/m1/s1. The minimum Gasteiger partial charge on any atom is -0.481 e. The SMILES string of the molecule is Cc1cc(F)ccc1[C@H]1C[C@@]2(CCN1C(=O)N(C)[C@H](C)c1cc(C(F)(F)F)cc(C(F)(F)F)c1)CC(C(=O)O)C(=O)N2C. The maximum absolute atomic E-state index is 14.0. The first-order chi connectivity index (χ1) is 19.8. The zero-order valence-corrected chi connectivity index (χ0v) is 23.7. The van der Waals surface area contributed by atoms with Crippen LogP contribution in [-0.4, -0.2) is 63.9 Å². The molecule has 2 aromatic rings. The molecule has 2 saturated heterocycles. The van der Waals surface area contributed by atoms with Crippen LogP contribution in [0.4, 0.5) is 35.5 Å². The molecule has 2 fully saturated rings. The lowest BCUT2D eigenvalue weighted by molar-refractivity contribution is -0.148. The predicted molar refractivity (Wildman–Crippen MR) is 139 cm³/mol. The number of amides is 3. The first-order valence-corrected chi connectivity index (χ1v) is 13.4. The topological polar surface area (TPSA) is 81.2 Å². The molecule has 0 bridgehead atoms. The molecule has 7 nitrogen and oxygen atoms in total. The van der Waals surface area contributed by atoms with Gasteiger partial charge in [0.25, 0.3) is 0 Å². The molecule has 1 spiro atoms. The fraction of sp³-hybridized carbons (Fsp3) is 0.483. The van der Waals surface area contributed by atoms with Gasteiger partial charge in [-0.25, -0.2) is 9.18 Å². The van der Waals surface area contributed by atoms with E-state index >= 15 is 0 Å². The van der Waals surface area contributed by atoms with E-state index in [1.165, 1.54) is 49.0 Å². The number of alkyl halides is 6. The van der Waals surface area contributed by atoms with Gasteiger partial charge in [0.2, 0.25) is 5.91 Å². The van der Waals surface area contributed by atoms with Gasteiger partial charge in [-0.05, 0) is 80.1 Å². The zero-order valence-electron chi connectivity index (χ0n) is 23.7. The minimum atomic E-state index is -5.07. The van der Waals surface area contributed by atoms with Crippen LogP contribution in [0.3, 0.4) is 0 Å². The first-order valence-electron chi connectivity index (χ1n) is 13.4. The summed E-state index contributed by atoms with van der Waals surface area (Å²) < 4.78 is 94.9. The average Bonchev–Trinajstić information content (AvgIpc) is 3.15. The molecule has 4 atom stereocenters. The van der Waals surface area contributed by atoms with Crippen LogP contribution < -0.4 is 0 Å². The van der Waals surface area contributed by atoms with Crippen LogP contribution in [0.25, 0.3) is 0 Å². The molecular formula is C29H30F7N3O4. The van der Waals surface area contributed by atoms with E-state index in [-0.39, 0.29) is 37.4 Å². The third-order valence-corrected chi connectivity index (χ3v) is 8.80. The van der Waals surface area contributed by atoms with Crippen LogP contribution in [0.15, 0.2) is 36.4 Å². The van der Waals surface area contributed by atoms with Crippen LogP contribution in [0.2, 0.25) is 0 Å². The van der Waals surface area contributed by atoms with E-state index in [1.54, 1.807) is 6.92 Å². The Morgan fingerprint density at radius 3 is 2.09 bits per heavy atom. The van der Waals surface area contributed by atoms with E-state index in [2.05, 4.69) is 0 Å². The quantitative estimate of drug-likeness (QED) is 0.317. The number of rotatable bonds is 4. The highest BCUT2D eigenvalue weighted by Crippen LogP contribution is 2.48. The zero-order chi connectivity index (χ0) is 32.2. The monoisotopic (exact) mass is 617 g/mol. The lowest BCUT2D eigenvalue weighted by atomic mass is 9.77. The molecule has 2 aromatic carbocycles. The number of piperidine rings is 1. The Balaban J connectivity index is 1.72. The molecule has 4 rings (SSSR count). The summed E-state index contributed by atoms with van der Waals surface area (Å²) >= 11 is 0. The fourth-order valence-corrected chi connectivity index (χ4v) is 6.14. The van der Waals surface area contributed by atoms with E-state index in [9.17, 15) is 50.2 Å². The summed E-state index contributed by atoms with van der Waals surface area (Å²) in [5, 5.41) is 9.59. The smallest absolute Gasteiger partial charge is 0.416 e. The van der Waals surface area contributed by atoms with Gasteiger partial charge in [-0.3, -0.25) is 9.59 Å². The first kappa shape index (κ1) is 32.1.